The van der Waals surface area contributed by atoms with Gasteiger partial charge >= 0.3 is 5.97 Å². The van der Waals surface area contributed by atoms with E-state index in [4.69, 9.17) is 4.74 Å². The van der Waals surface area contributed by atoms with Gasteiger partial charge < -0.3 is 9.64 Å². The second kappa shape index (κ2) is 10.8. The van der Waals surface area contributed by atoms with E-state index in [2.05, 4.69) is 6.92 Å². The van der Waals surface area contributed by atoms with Crippen molar-refractivity contribution in [2.45, 2.75) is 46.0 Å². The predicted octanol–water partition coefficient (Wildman–Crippen LogP) is 3.80. The topological polar surface area (TPSA) is 46.6 Å². The highest BCUT2D eigenvalue weighted by molar-refractivity contribution is 5.94. The summed E-state index contributed by atoms with van der Waals surface area (Å²) in [5.41, 5.74) is 0.436. The lowest BCUT2D eigenvalue weighted by Crippen LogP contribution is -2.34. The maximum atomic E-state index is 13.0. The van der Waals surface area contributed by atoms with Gasteiger partial charge in [0, 0.05) is 18.7 Å². The summed E-state index contributed by atoms with van der Waals surface area (Å²) in [6, 6.07) is 5.49. The molecule has 0 atom stereocenters. The minimum atomic E-state index is -0.373. The number of esters is 1. The zero-order valence-electron chi connectivity index (χ0n) is 14.0. The molecule has 0 radical (unpaired) electrons. The summed E-state index contributed by atoms with van der Waals surface area (Å²) in [4.78, 5) is 25.7. The molecule has 128 valence electrons. The van der Waals surface area contributed by atoms with Crippen molar-refractivity contribution < 1.29 is 18.7 Å². The number of halogens is 1. The van der Waals surface area contributed by atoms with Gasteiger partial charge in [0.15, 0.2) is 0 Å². The lowest BCUT2D eigenvalue weighted by molar-refractivity contribution is -0.143. The van der Waals surface area contributed by atoms with Crippen molar-refractivity contribution in [2.75, 3.05) is 19.7 Å². The molecule has 5 heteroatoms. The Balaban J connectivity index is 2.66. The Morgan fingerprint density at radius 2 is 1.74 bits per heavy atom. The van der Waals surface area contributed by atoms with Crippen LogP contribution in [0.2, 0.25) is 0 Å². The van der Waals surface area contributed by atoms with Gasteiger partial charge in [-0.2, -0.15) is 0 Å². The van der Waals surface area contributed by atoms with Crippen molar-refractivity contribution in [3.8, 4) is 0 Å². The first-order valence-electron chi connectivity index (χ1n) is 8.29. The number of nitrogens with zero attached hydrogens (tertiary/aromatic N) is 1. The second-order valence-corrected chi connectivity index (χ2v) is 5.41. The molecule has 0 aliphatic heterocycles. The minimum Gasteiger partial charge on any atom is -0.466 e. The molecule has 0 saturated heterocycles. The molecular weight excluding hydrogens is 297 g/mol. The largest absolute Gasteiger partial charge is 0.466 e. The standard InChI is InChI=1S/C18H26FNO3/c1-3-5-6-7-13-20(14-12-17(21)23-4-2)18(22)15-8-10-16(19)11-9-15/h8-11H,3-7,12-14H2,1-2H3. The Morgan fingerprint density at radius 3 is 2.35 bits per heavy atom. The van der Waals surface area contributed by atoms with E-state index < -0.39 is 0 Å². The molecule has 0 saturated carbocycles. The molecule has 0 bridgehead atoms. The molecule has 0 heterocycles. The monoisotopic (exact) mass is 323 g/mol. The van der Waals surface area contributed by atoms with Crippen LogP contribution < -0.4 is 0 Å². The highest BCUT2D eigenvalue weighted by atomic mass is 19.1. The number of rotatable bonds is 10. The fourth-order valence-electron chi connectivity index (χ4n) is 2.28. The maximum Gasteiger partial charge on any atom is 0.307 e. The summed E-state index contributed by atoms with van der Waals surface area (Å²) in [5, 5.41) is 0. The molecule has 23 heavy (non-hydrogen) atoms. The van der Waals surface area contributed by atoms with Gasteiger partial charge in [-0.05, 0) is 37.6 Å². The molecule has 0 spiro atoms. The van der Waals surface area contributed by atoms with Crippen LogP contribution in [0.25, 0.3) is 0 Å². The first kappa shape index (κ1) is 19.1. The third-order valence-electron chi connectivity index (χ3n) is 3.55. The van der Waals surface area contributed by atoms with E-state index in [9.17, 15) is 14.0 Å². The molecule has 0 fully saturated rings. The quantitative estimate of drug-likeness (QED) is 0.486. The van der Waals surface area contributed by atoms with Gasteiger partial charge in [0.2, 0.25) is 0 Å². The van der Waals surface area contributed by atoms with Crippen molar-refractivity contribution in [3.05, 3.63) is 35.6 Å². The number of amides is 1. The highest BCUT2D eigenvalue weighted by Gasteiger charge is 2.17. The van der Waals surface area contributed by atoms with Crippen LogP contribution in [-0.2, 0) is 9.53 Å². The van der Waals surface area contributed by atoms with E-state index >= 15 is 0 Å². The molecular formula is C18H26FNO3. The number of carbonyl (C=O) groups excluding carboxylic acids is 2. The molecule has 1 amide bonds. The van der Waals surface area contributed by atoms with Gasteiger partial charge in [0.25, 0.3) is 5.91 Å². The van der Waals surface area contributed by atoms with Crippen LogP contribution >= 0.6 is 0 Å². The maximum absolute atomic E-state index is 13.0. The highest BCUT2D eigenvalue weighted by Crippen LogP contribution is 2.10. The van der Waals surface area contributed by atoms with E-state index in [1.54, 1.807) is 11.8 Å². The Hall–Kier alpha value is -1.91. The lowest BCUT2D eigenvalue weighted by Gasteiger charge is -2.22. The van der Waals surface area contributed by atoms with E-state index in [1.165, 1.54) is 24.3 Å². The minimum absolute atomic E-state index is 0.175. The fraction of sp³-hybridized carbons (Fsp3) is 0.556. The number of hydrogen-bond donors (Lipinski definition) is 0. The van der Waals surface area contributed by atoms with Crippen LogP contribution in [0, 0.1) is 5.82 Å². The van der Waals surface area contributed by atoms with Crippen LogP contribution in [0.5, 0.6) is 0 Å². The van der Waals surface area contributed by atoms with Crippen LogP contribution in [0.1, 0.15) is 56.3 Å². The van der Waals surface area contributed by atoms with E-state index in [1.807, 2.05) is 0 Å². The van der Waals surface area contributed by atoms with Gasteiger partial charge in [-0.15, -0.1) is 0 Å². The Kier molecular flexibility index (Phi) is 8.95. The number of hydrogen-bond acceptors (Lipinski definition) is 3. The summed E-state index contributed by atoms with van der Waals surface area (Å²) in [7, 11) is 0. The van der Waals surface area contributed by atoms with Gasteiger partial charge in [-0.25, -0.2) is 4.39 Å². The zero-order valence-corrected chi connectivity index (χ0v) is 14.0. The Bertz CT molecular complexity index is 488. The molecule has 1 aromatic carbocycles. The average Bonchev–Trinajstić information content (AvgIpc) is 2.54. The molecule has 1 aromatic rings. The third-order valence-corrected chi connectivity index (χ3v) is 3.55. The van der Waals surface area contributed by atoms with Gasteiger partial charge in [0.05, 0.1) is 13.0 Å². The first-order chi connectivity index (χ1) is 11.1. The number of unbranched alkanes of at least 4 members (excludes halogenated alkanes) is 3. The van der Waals surface area contributed by atoms with Crippen molar-refractivity contribution in [1.82, 2.24) is 4.90 Å². The van der Waals surface area contributed by atoms with Gasteiger partial charge in [-0.1, -0.05) is 26.2 Å². The van der Waals surface area contributed by atoms with E-state index in [0.717, 1.165) is 25.7 Å². The molecule has 0 aliphatic carbocycles. The summed E-state index contributed by atoms with van der Waals surface area (Å²) in [6.07, 6.45) is 4.35. The zero-order chi connectivity index (χ0) is 17.1. The average molecular weight is 323 g/mol. The number of carbonyl (C=O) groups is 2. The SMILES string of the molecule is CCCCCCN(CCC(=O)OCC)C(=O)c1ccc(F)cc1. The summed E-state index contributed by atoms with van der Waals surface area (Å²) in [5.74, 6) is -0.855. The van der Waals surface area contributed by atoms with Crippen LogP contribution in [-0.4, -0.2) is 36.5 Å². The van der Waals surface area contributed by atoms with Crippen molar-refractivity contribution in [1.29, 1.82) is 0 Å². The summed E-state index contributed by atoms with van der Waals surface area (Å²) in [6.45, 7) is 5.13. The third kappa shape index (κ3) is 7.26. The molecule has 1 rings (SSSR count). The smallest absolute Gasteiger partial charge is 0.307 e. The van der Waals surface area contributed by atoms with Crippen LogP contribution in [0.3, 0.4) is 0 Å². The Morgan fingerprint density at radius 1 is 1.04 bits per heavy atom. The molecule has 0 aromatic heterocycles. The predicted molar refractivity (Wildman–Crippen MR) is 87.7 cm³/mol. The number of ether oxygens (including phenoxy) is 1. The van der Waals surface area contributed by atoms with Gasteiger partial charge in [0.1, 0.15) is 5.82 Å². The fourth-order valence-corrected chi connectivity index (χ4v) is 2.28. The van der Waals surface area contributed by atoms with Crippen molar-refractivity contribution in [2.24, 2.45) is 0 Å². The van der Waals surface area contributed by atoms with Crippen LogP contribution in [0.15, 0.2) is 24.3 Å². The molecule has 4 nitrogen and oxygen atoms in total. The van der Waals surface area contributed by atoms with Crippen molar-refractivity contribution >= 4 is 11.9 Å². The summed E-state index contributed by atoms with van der Waals surface area (Å²) >= 11 is 0. The van der Waals surface area contributed by atoms with E-state index in [0.29, 0.717) is 25.3 Å². The van der Waals surface area contributed by atoms with Gasteiger partial charge in [-0.3, -0.25) is 9.59 Å². The first-order valence-corrected chi connectivity index (χ1v) is 8.29. The van der Waals surface area contributed by atoms with E-state index in [-0.39, 0.29) is 24.1 Å². The van der Waals surface area contributed by atoms with Crippen molar-refractivity contribution in [3.63, 3.8) is 0 Å². The number of benzene rings is 1. The van der Waals surface area contributed by atoms with Crippen LogP contribution in [0.4, 0.5) is 4.39 Å². The lowest BCUT2D eigenvalue weighted by atomic mass is 10.1. The normalized spacial score (nSPS) is 10.4. The Labute approximate surface area is 137 Å². The second-order valence-electron chi connectivity index (χ2n) is 5.41. The molecule has 0 unspecified atom stereocenters. The molecule has 0 N–H and O–H groups in total. The summed E-state index contributed by atoms with van der Waals surface area (Å²) < 4.78 is 17.9. The molecule has 0 aliphatic rings.